The van der Waals surface area contributed by atoms with Crippen molar-refractivity contribution in [3.63, 3.8) is 0 Å². The molecule has 0 bridgehead atoms. The van der Waals surface area contributed by atoms with E-state index in [1.165, 1.54) is 18.2 Å². The summed E-state index contributed by atoms with van der Waals surface area (Å²) < 4.78 is 22.3. The van der Waals surface area contributed by atoms with Crippen molar-refractivity contribution in [3.8, 4) is 17.2 Å². The maximum Gasteiger partial charge on any atom is 0.248 e. The Morgan fingerprint density at radius 2 is 0.743 bits per heavy atom. The number of aliphatic hydroxyl groups is 1. The van der Waals surface area contributed by atoms with E-state index in [1.807, 2.05) is 129 Å². The number of nitrogens with one attached hydrogen (secondary N) is 9. The molecule has 6 aromatic carbocycles. The first kappa shape index (κ1) is 78.2. The van der Waals surface area contributed by atoms with Crippen LogP contribution in [0, 0.1) is 20.8 Å². The molecule has 3 aliphatic heterocycles. The highest BCUT2D eigenvalue weighted by atomic mass is 16.5. The van der Waals surface area contributed by atoms with Crippen molar-refractivity contribution in [1.29, 1.82) is 0 Å². The van der Waals surface area contributed by atoms with Gasteiger partial charge in [0.2, 0.25) is 47.4 Å². The molecule has 3 fully saturated rings. The van der Waals surface area contributed by atoms with E-state index < -0.39 is 6.61 Å². The Kier molecular flexibility index (Phi) is 27.3. The van der Waals surface area contributed by atoms with Crippen LogP contribution in [0.4, 0.5) is 104 Å². The lowest BCUT2D eigenvalue weighted by molar-refractivity contribution is -0.134. The minimum absolute atomic E-state index is 0.107. The predicted octanol–water partition coefficient (Wildman–Crippen LogP) is 11.4. The van der Waals surface area contributed by atoms with Crippen LogP contribution in [-0.4, -0.2) is 181 Å². The Hall–Kier alpha value is -13.4. The fraction of sp³-hybridized carbons (Fsp3) is 0.253. The fourth-order valence-corrected chi connectivity index (χ4v) is 11.6. The highest BCUT2D eigenvalue weighted by Gasteiger charge is 2.24. The zero-order valence-electron chi connectivity index (χ0n) is 61.9. The first-order valence-electron chi connectivity index (χ1n) is 35.1. The van der Waals surface area contributed by atoms with E-state index in [0.717, 1.165) is 102 Å². The number of anilines is 18. The number of carbonyl (C=O) groups excluding carboxylic acids is 5. The van der Waals surface area contributed by atoms with Gasteiger partial charge in [0.05, 0.1) is 51.6 Å². The highest BCUT2D eigenvalue weighted by molar-refractivity contribution is 6.00. The lowest BCUT2D eigenvalue weighted by Crippen LogP contribution is -2.49. The molecule has 0 unspecified atom stereocenters. The standard InChI is InChI=1S/C27H31N7O4.C27H31N7O3.C25H28N6O3/c1-4-24(36)29-19-6-5-7-20(14-19)30-26-18(2)16-28-27(32-26)31-22-9-8-21(15-23(22)38-3)33-10-12-34(13-11-33)25(37)17-35;1-5-25(36)29-20-7-6-8-21(15-20)30-26-18(2)17-28-27(32-26)31-23-10-9-22(16-24(23)37-4)34-13-11-33(12-14-34)19(3)35;1-4-23(32)27-18-6-5-7-19(14-18)28-24-17(2)16-26-25(30-24)29-21-9-8-20(15-22(21)33-3)31-10-12-34-13-11-31/h4-9,14-16,35H,1,10-13,17H2,2-3H3,(H,29,36)(H2,28,30,31,32);5-10,15-17H,1,11-14H2,2-4H3,(H,29,36)(H2,28,30,31,32);4-9,14-16H,1,10-13H2,2-3H3,(H,27,32)(H2,26,28,29,30). The molecule has 30 nitrogen and oxygen atoms in total. The summed E-state index contributed by atoms with van der Waals surface area (Å²) >= 11 is 0. The third-order valence-corrected chi connectivity index (χ3v) is 17.5. The number of rotatable bonds is 25. The topological polar surface area (TPSA) is 344 Å². The van der Waals surface area contributed by atoms with Crippen LogP contribution in [0.5, 0.6) is 17.2 Å². The highest BCUT2D eigenvalue weighted by Crippen LogP contribution is 2.37. The maximum absolute atomic E-state index is 11.7. The van der Waals surface area contributed by atoms with Crippen LogP contribution in [0.25, 0.3) is 0 Å². The van der Waals surface area contributed by atoms with E-state index in [2.05, 4.69) is 112 Å². The molecular weight excluding hydrogens is 1390 g/mol. The molecular formula is C79H90N20O10. The van der Waals surface area contributed by atoms with Gasteiger partial charge in [-0.25, -0.2) is 15.0 Å². The first-order valence-corrected chi connectivity index (χ1v) is 35.1. The van der Waals surface area contributed by atoms with Crippen molar-refractivity contribution in [2.45, 2.75) is 27.7 Å². The van der Waals surface area contributed by atoms with Crippen LogP contribution in [-0.2, 0) is 28.7 Å². The van der Waals surface area contributed by atoms with E-state index in [-0.39, 0.29) is 29.5 Å². The summed E-state index contributed by atoms with van der Waals surface area (Å²) in [6.45, 7) is 25.8. The second-order valence-corrected chi connectivity index (χ2v) is 25.0. The number of piperazine rings is 2. The summed E-state index contributed by atoms with van der Waals surface area (Å²) in [7, 11) is 4.87. The molecule has 109 heavy (non-hydrogen) atoms. The number of ether oxygens (including phenoxy) is 4. The number of nitrogens with zero attached hydrogens (tertiary/aromatic N) is 11. The fourth-order valence-electron chi connectivity index (χ4n) is 11.6. The monoisotopic (exact) mass is 1480 g/mol. The number of aromatic nitrogens is 6. The van der Waals surface area contributed by atoms with E-state index in [9.17, 15) is 24.0 Å². The second kappa shape index (κ2) is 38.1. The molecule has 5 amide bonds. The molecule has 0 saturated carbocycles. The van der Waals surface area contributed by atoms with Gasteiger partial charge >= 0.3 is 0 Å². The number of amides is 5. The van der Waals surface area contributed by atoms with Gasteiger partial charge in [-0.3, -0.25) is 24.0 Å². The number of hydrogen-bond acceptors (Lipinski definition) is 25. The van der Waals surface area contributed by atoms with Gasteiger partial charge < -0.3 is 96.4 Å². The van der Waals surface area contributed by atoms with Crippen molar-refractivity contribution in [3.05, 3.63) is 201 Å². The average Bonchev–Trinajstić information content (AvgIpc) is 0.830. The van der Waals surface area contributed by atoms with Crippen LogP contribution in [0.3, 0.4) is 0 Å². The van der Waals surface area contributed by atoms with E-state index in [1.54, 1.807) is 76.0 Å². The summed E-state index contributed by atoms with van der Waals surface area (Å²) in [4.78, 5) is 95.5. The largest absolute Gasteiger partial charge is 0.494 e. The van der Waals surface area contributed by atoms with E-state index in [4.69, 9.17) is 24.1 Å². The molecule has 3 aromatic heterocycles. The number of benzene rings is 6. The molecule has 6 heterocycles. The normalized spacial score (nSPS) is 13.1. The van der Waals surface area contributed by atoms with Gasteiger partial charge in [0.15, 0.2) is 0 Å². The van der Waals surface area contributed by atoms with Crippen LogP contribution in [0.2, 0.25) is 0 Å². The molecule has 3 saturated heterocycles. The quantitative estimate of drug-likeness (QED) is 0.0238. The summed E-state index contributed by atoms with van der Waals surface area (Å²) in [5.74, 6) is 4.13. The van der Waals surface area contributed by atoms with Crippen LogP contribution in [0.15, 0.2) is 184 Å². The molecule has 0 spiro atoms. The Labute approximate surface area is 632 Å². The van der Waals surface area contributed by atoms with Crippen LogP contribution >= 0.6 is 0 Å². The molecule has 0 atom stereocenters. The van der Waals surface area contributed by atoms with Crippen molar-refractivity contribution in [1.82, 2.24) is 39.7 Å². The summed E-state index contributed by atoms with van der Waals surface area (Å²) in [6.07, 6.45) is 8.87. The van der Waals surface area contributed by atoms with Crippen molar-refractivity contribution < 1.29 is 48.0 Å². The summed E-state index contributed by atoms with van der Waals surface area (Å²) in [5, 5.41) is 36.9. The number of morpholine rings is 1. The molecule has 9 aromatic rings. The number of carbonyl (C=O) groups is 5. The van der Waals surface area contributed by atoms with E-state index >= 15 is 0 Å². The van der Waals surface area contributed by atoms with Gasteiger partial charge in [0.25, 0.3) is 0 Å². The van der Waals surface area contributed by atoms with Crippen molar-refractivity contribution in [2.24, 2.45) is 0 Å². The Morgan fingerprint density at radius 1 is 0.431 bits per heavy atom. The van der Waals surface area contributed by atoms with Gasteiger partial charge in [-0.2, -0.15) is 15.0 Å². The Balaban J connectivity index is 0.000000174. The number of aryl methyl sites for hydroxylation is 3. The number of methoxy groups -OCH3 is 3. The Morgan fingerprint density at radius 3 is 1.05 bits per heavy atom. The molecule has 30 heteroatoms. The maximum atomic E-state index is 11.7. The SMILES string of the molecule is C=CC(=O)Nc1cccc(Nc2nc(Nc3ccc(N4CCN(C(=O)CO)CC4)cc3OC)ncc2C)c1.C=CC(=O)Nc1cccc(Nc2nc(Nc3ccc(N4CCN(C(C)=O)CC4)cc3OC)ncc2C)c1.C=CC(=O)Nc1cccc(Nc2nc(Nc3ccc(N4CCOCC4)cc3OC)ncc2C)c1. The molecule has 3 aliphatic rings. The van der Waals surface area contributed by atoms with Crippen LogP contribution < -0.4 is 76.8 Å². The van der Waals surface area contributed by atoms with Gasteiger partial charge in [0, 0.05) is 177 Å². The van der Waals surface area contributed by atoms with Crippen LogP contribution in [0.1, 0.15) is 23.6 Å². The number of aliphatic hydroxyl groups excluding tert-OH is 1. The molecule has 10 N–H and O–H groups in total. The average molecular weight is 1480 g/mol. The Bertz CT molecular complexity index is 4730. The lowest BCUT2D eigenvalue weighted by Gasteiger charge is -2.36. The van der Waals surface area contributed by atoms with Gasteiger partial charge in [-0.1, -0.05) is 37.9 Å². The van der Waals surface area contributed by atoms with Gasteiger partial charge in [0.1, 0.15) is 41.3 Å². The van der Waals surface area contributed by atoms with Gasteiger partial charge in [-0.05, 0) is 130 Å². The smallest absolute Gasteiger partial charge is 0.248 e. The third kappa shape index (κ3) is 21.9. The minimum Gasteiger partial charge on any atom is -0.494 e. The predicted molar refractivity (Wildman–Crippen MR) is 428 cm³/mol. The molecule has 0 radical (unpaired) electrons. The van der Waals surface area contributed by atoms with Crippen molar-refractivity contribution >= 4 is 133 Å². The summed E-state index contributed by atoms with van der Waals surface area (Å²) in [5.41, 5.74) is 12.1. The zero-order chi connectivity index (χ0) is 77.3. The van der Waals surface area contributed by atoms with Crippen molar-refractivity contribution in [2.75, 3.05) is 169 Å². The summed E-state index contributed by atoms with van der Waals surface area (Å²) in [6, 6.07) is 39.8. The molecule has 12 rings (SSSR count). The molecule has 566 valence electrons. The molecule has 0 aliphatic carbocycles. The first-order chi connectivity index (χ1) is 52.8. The third-order valence-electron chi connectivity index (χ3n) is 17.5. The lowest BCUT2D eigenvalue weighted by atomic mass is 10.2. The number of hydrogen-bond donors (Lipinski definition) is 10. The second-order valence-electron chi connectivity index (χ2n) is 25.0. The van der Waals surface area contributed by atoms with E-state index in [0.29, 0.717) is 115 Å². The minimum atomic E-state index is -0.465. The van der Waals surface area contributed by atoms with Gasteiger partial charge in [-0.15, -0.1) is 0 Å². The zero-order valence-corrected chi connectivity index (χ0v) is 61.9.